The fourth-order valence-corrected chi connectivity index (χ4v) is 2.96. The van der Waals surface area contributed by atoms with Crippen molar-refractivity contribution in [2.45, 2.75) is 13.3 Å². The van der Waals surface area contributed by atoms with Crippen molar-refractivity contribution in [3.8, 4) is 17.2 Å². The lowest BCUT2D eigenvalue weighted by Gasteiger charge is -2.26. The van der Waals surface area contributed by atoms with Gasteiger partial charge >= 0.3 is 0 Å². The van der Waals surface area contributed by atoms with Crippen LogP contribution in [0.1, 0.15) is 18.9 Å². The van der Waals surface area contributed by atoms with Gasteiger partial charge in [-0.1, -0.05) is 19.1 Å². The van der Waals surface area contributed by atoms with Crippen molar-refractivity contribution >= 4 is 23.5 Å². The minimum atomic E-state index is 0.523. The molecule has 7 heteroatoms. The van der Waals surface area contributed by atoms with E-state index in [-0.39, 0.29) is 0 Å². The van der Waals surface area contributed by atoms with Gasteiger partial charge in [0.2, 0.25) is 11.7 Å². The van der Waals surface area contributed by atoms with Gasteiger partial charge in [0, 0.05) is 42.7 Å². The average Bonchev–Trinajstić information content (AvgIpc) is 2.67. The molecule has 1 aromatic heterocycles. The third-order valence-electron chi connectivity index (χ3n) is 4.13. The number of benzene rings is 1. The van der Waals surface area contributed by atoms with Crippen LogP contribution < -0.4 is 24.4 Å². The highest BCUT2D eigenvalue weighted by molar-refractivity contribution is 5.70. The topological polar surface area (TPSA) is 68.7 Å². The van der Waals surface area contributed by atoms with E-state index in [2.05, 4.69) is 34.3 Å². The first-order valence-corrected chi connectivity index (χ1v) is 8.55. The summed E-state index contributed by atoms with van der Waals surface area (Å²) >= 11 is 0. The van der Waals surface area contributed by atoms with E-state index in [0.29, 0.717) is 23.2 Å². The Morgan fingerprint density at radius 1 is 1.12 bits per heavy atom. The molecule has 2 aromatic rings. The monoisotopic (exact) mass is 356 g/mol. The zero-order chi connectivity index (χ0) is 18.5. The molecule has 0 bridgehead atoms. The van der Waals surface area contributed by atoms with Crippen LogP contribution in [0.3, 0.4) is 0 Å². The third-order valence-corrected chi connectivity index (χ3v) is 4.13. The summed E-state index contributed by atoms with van der Waals surface area (Å²) in [6, 6.07) is 3.65. The van der Waals surface area contributed by atoms with Gasteiger partial charge in [0.15, 0.2) is 11.5 Å². The number of hydrogen-bond acceptors (Lipinski definition) is 7. The molecule has 1 aliphatic rings. The van der Waals surface area contributed by atoms with E-state index in [4.69, 9.17) is 19.2 Å². The molecule has 0 spiro atoms. The van der Waals surface area contributed by atoms with E-state index in [1.165, 1.54) is 0 Å². The highest BCUT2D eigenvalue weighted by Gasteiger charge is 2.17. The average molecular weight is 356 g/mol. The minimum Gasteiger partial charge on any atom is -0.493 e. The lowest BCUT2D eigenvalue weighted by Crippen LogP contribution is -2.28. The van der Waals surface area contributed by atoms with Gasteiger partial charge in [-0.3, -0.25) is 0 Å². The number of anilines is 3. The van der Waals surface area contributed by atoms with Crippen LogP contribution in [0.5, 0.6) is 17.2 Å². The SMILES string of the molecule is CCCN1CC=Cc2cnc(Nc3cc(OC)c(OC)c(OC)c3)nc21. The normalized spacial score (nSPS) is 12.5. The van der Waals surface area contributed by atoms with E-state index < -0.39 is 0 Å². The van der Waals surface area contributed by atoms with Gasteiger partial charge in [0.05, 0.1) is 21.3 Å². The first-order chi connectivity index (χ1) is 12.7. The smallest absolute Gasteiger partial charge is 0.229 e. The van der Waals surface area contributed by atoms with Crippen molar-refractivity contribution in [1.82, 2.24) is 9.97 Å². The van der Waals surface area contributed by atoms with E-state index >= 15 is 0 Å². The predicted molar refractivity (Wildman–Crippen MR) is 103 cm³/mol. The molecule has 3 rings (SSSR count). The Bertz CT molecular complexity index is 782. The second-order valence-electron chi connectivity index (χ2n) is 5.86. The molecule has 26 heavy (non-hydrogen) atoms. The molecule has 1 N–H and O–H groups in total. The molecule has 7 nitrogen and oxygen atoms in total. The Balaban J connectivity index is 1.92. The van der Waals surface area contributed by atoms with Crippen molar-refractivity contribution in [3.63, 3.8) is 0 Å². The number of nitrogens with zero attached hydrogens (tertiary/aromatic N) is 3. The fraction of sp³-hybridized carbons (Fsp3) is 0.368. The molecule has 2 heterocycles. The van der Waals surface area contributed by atoms with Gasteiger partial charge in [-0.25, -0.2) is 4.98 Å². The molecule has 0 aliphatic carbocycles. The Morgan fingerprint density at radius 2 is 1.85 bits per heavy atom. The number of ether oxygens (including phenoxy) is 3. The maximum absolute atomic E-state index is 5.39. The Morgan fingerprint density at radius 3 is 2.46 bits per heavy atom. The van der Waals surface area contributed by atoms with Crippen LogP contribution in [-0.2, 0) is 0 Å². The summed E-state index contributed by atoms with van der Waals surface area (Å²) in [4.78, 5) is 11.4. The van der Waals surface area contributed by atoms with Crippen LogP contribution >= 0.6 is 0 Å². The maximum Gasteiger partial charge on any atom is 0.229 e. The summed E-state index contributed by atoms with van der Waals surface area (Å²) in [5.41, 5.74) is 1.79. The van der Waals surface area contributed by atoms with Crippen molar-refractivity contribution in [1.29, 1.82) is 0 Å². The van der Waals surface area contributed by atoms with Crippen molar-refractivity contribution < 1.29 is 14.2 Å². The summed E-state index contributed by atoms with van der Waals surface area (Å²) in [6.45, 7) is 3.98. The summed E-state index contributed by atoms with van der Waals surface area (Å²) in [5, 5.41) is 3.23. The van der Waals surface area contributed by atoms with Gasteiger partial charge in [-0.05, 0) is 6.42 Å². The first-order valence-electron chi connectivity index (χ1n) is 8.55. The lowest BCUT2D eigenvalue weighted by atomic mass is 10.2. The molecule has 1 aromatic carbocycles. The number of methoxy groups -OCH3 is 3. The maximum atomic E-state index is 5.39. The van der Waals surface area contributed by atoms with Crippen LogP contribution in [-0.4, -0.2) is 44.4 Å². The van der Waals surface area contributed by atoms with Gasteiger partial charge in [-0.15, -0.1) is 0 Å². The molecule has 0 saturated heterocycles. The largest absolute Gasteiger partial charge is 0.493 e. The van der Waals surface area contributed by atoms with Gasteiger partial charge in [0.25, 0.3) is 0 Å². The fourth-order valence-electron chi connectivity index (χ4n) is 2.96. The second kappa shape index (κ2) is 7.95. The summed E-state index contributed by atoms with van der Waals surface area (Å²) in [5.74, 6) is 3.16. The first kappa shape index (κ1) is 17.8. The summed E-state index contributed by atoms with van der Waals surface area (Å²) in [7, 11) is 4.76. The Kier molecular flexibility index (Phi) is 5.46. The van der Waals surface area contributed by atoms with E-state index in [9.17, 15) is 0 Å². The number of rotatable bonds is 7. The van der Waals surface area contributed by atoms with Crippen LogP contribution in [0.25, 0.3) is 6.08 Å². The number of nitrogens with one attached hydrogen (secondary N) is 1. The van der Waals surface area contributed by atoms with Crippen LogP contribution in [0, 0.1) is 0 Å². The lowest BCUT2D eigenvalue weighted by molar-refractivity contribution is 0.324. The summed E-state index contributed by atoms with van der Waals surface area (Å²) < 4.78 is 16.1. The summed E-state index contributed by atoms with van der Waals surface area (Å²) in [6.07, 6.45) is 7.09. The Labute approximate surface area is 153 Å². The molecule has 0 fully saturated rings. The van der Waals surface area contributed by atoms with E-state index in [1.54, 1.807) is 21.3 Å². The van der Waals surface area contributed by atoms with Crippen molar-refractivity contribution in [2.75, 3.05) is 44.6 Å². The number of aromatic nitrogens is 2. The molecule has 0 saturated carbocycles. The zero-order valence-electron chi connectivity index (χ0n) is 15.6. The molecule has 0 atom stereocenters. The zero-order valence-corrected chi connectivity index (χ0v) is 15.6. The third kappa shape index (κ3) is 3.51. The van der Waals surface area contributed by atoms with Crippen LogP contribution in [0.15, 0.2) is 24.4 Å². The standard InChI is InChI=1S/C19H24N4O3/c1-5-8-23-9-6-7-13-12-20-19(22-18(13)23)21-14-10-15(24-2)17(26-4)16(11-14)25-3/h6-7,10-12H,5,8-9H2,1-4H3,(H,20,21,22). The second-order valence-corrected chi connectivity index (χ2v) is 5.86. The molecule has 138 valence electrons. The molecule has 0 unspecified atom stereocenters. The quantitative estimate of drug-likeness (QED) is 0.814. The van der Waals surface area contributed by atoms with Gasteiger partial charge in [0.1, 0.15) is 5.82 Å². The van der Waals surface area contributed by atoms with E-state index in [0.717, 1.165) is 36.6 Å². The Hall–Kier alpha value is -2.96. The van der Waals surface area contributed by atoms with Crippen LogP contribution in [0.4, 0.5) is 17.5 Å². The van der Waals surface area contributed by atoms with Crippen molar-refractivity contribution in [3.05, 3.63) is 30.0 Å². The number of fused-ring (bicyclic) bond motifs is 1. The minimum absolute atomic E-state index is 0.523. The molecule has 0 amide bonds. The van der Waals surface area contributed by atoms with Gasteiger partial charge < -0.3 is 24.4 Å². The van der Waals surface area contributed by atoms with Gasteiger partial charge in [-0.2, -0.15) is 4.98 Å². The van der Waals surface area contributed by atoms with E-state index in [1.807, 2.05) is 18.3 Å². The molecule has 0 radical (unpaired) electrons. The van der Waals surface area contributed by atoms with Crippen LogP contribution in [0.2, 0.25) is 0 Å². The molecular formula is C19H24N4O3. The molecular weight excluding hydrogens is 332 g/mol. The highest BCUT2D eigenvalue weighted by atomic mass is 16.5. The highest BCUT2D eigenvalue weighted by Crippen LogP contribution is 2.40. The molecule has 1 aliphatic heterocycles. The van der Waals surface area contributed by atoms with Crippen molar-refractivity contribution in [2.24, 2.45) is 0 Å². The number of hydrogen-bond donors (Lipinski definition) is 1. The predicted octanol–water partition coefficient (Wildman–Crippen LogP) is 3.49.